The van der Waals surface area contributed by atoms with Gasteiger partial charge < -0.3 is 10.1 Å². The third kappa shape index (κ3) is 4.02. The van der Waals surface area contributed by atoms with Gasteiger partial charge in [0.05, 0.1) is 11.7 Å². The number of anilines is 1. The van der Waals surface area contributed by atoms with Crippen molar-refractivity contribution in [2.45, 2.75) is 18.4 Å². The molecule has 1 heterocycles. The average molecular weight is 439 g/mol. The molecule has 4 heteroatoms. The Kier molecular flexibility index (Phi) is 5.71. The fourth-order valence-corrected chi connectivity index (χ4v) is 4.84. The molecule has 0 amide bonds. The first-order chi connectivity index (χ1) is 15.7. The Labute approximate surface area is 193 Å². The first kappa shape index (κ1) is 20.4. The third-order valence-corrected chi connectivity index (χ3v) is 6.39. The number of hydrogen-bond donors (Lipinski definition) is 1. The predicted octanol–water partition coefficient (Wildman–Crippen LogP) is 6.93. The summed E-state index contributed by atoms with van der Waals surface area (Å²) < 4.78 is 5.60. The van der Waals surface area contributed by atoms with Gasteiger partial charge in [0.25, 0.3) is 0 Å². The quantitative estimate of drug-likeness (QED) is 0.266. The minimum atomic E-state index is 0.200. The van der Waals surface area contributed by atoms with E-state index in [0.717, 1.165) is 17.7 Å². The number of terminal acetylenes is 1. The van der Waals surface area contributed by atoms with E-state index in [1.54, 1.807) is 12.3 Å². The van der Waals surface area contributed by atoms with Gasteiger partial charge in [-0.3, -0.25) is 4.99 Å². The van der Waals surface area contributed by atoms with Crippen molar-refractivity contribution in [2.75, 3.05) is 11.9 Å². The van der Waals surface area contributed by atoms with Crippen LogP contribution < -0.4 is 10.1 Å². The molecular weight excluding hydrogens is 416 g/mol. The number of ether oxygens (including phenoxy) is 1. The molecule has 3 atom stereocenters. The highest BCUT2D eigenvalue weighted by Gasteiger charge is 2.37. The first-order valence-electron chi connectivity index (χ1n) is 10.7. The van der Waals surface area contributed by atoms with Crippen LogP contribution in [0.2, 0.25) is 5.02 Å². The maximum absolute atomic E-state index is 6.15. The molecule has 32 heavy (non-hydrogen) atoms. The molecule has 0 saturated carbocycles. The normalized spacial score (nSPS) is 20.9. The predicted molar refractivity (Wildman–Crippen MR) is 132 cm³/mol. The van der Waals surface area contributed by atoms with Crippen molar-refractivity contribution < 1.29 is 4.74 Å². The molecule has 1 aliphatic heterocycles. The number of halogens is 1. The van der Waals surface area contributed by atoms with Crippen LogP contribution in [0, 0.1) is 18.3 Å². The zero-order valence-corrected chi connectivity index (χ0v) is 18.3. The Balaban J connectivity index is 1.37. The Morgan fingerprint density at radius 1 is 1.12 bits per heavy atom. The highest BCUT2D eigenvalue weighted by molar-refractivity contribution is 6.30. The second-order valence-corrected chi connectivity index (χ2v) is 8.52. The lowest BCUT2D eigenvalue weighted by Crippen LogP contribution is -2.28. The van der Waals surface area contributed by atoms with Gasteiger partial charge in [-0.15, -0.1) is 6.42 Å². The Hall–Kier alpha value is -3.48. The molecule has 0 saturated heterocycles. The van der Waals surface area contributed by atoms with Gasteiger partial charge in [-0.1, -0.05) is 60.0 Å². The van der Waals surface area contributed by atoms with Gasteiger partial charge in [-0.2, -0.15) is 0 Å². The summed E-state index contributed by atoms with van der Waals surface area (Å²) in [4.78, 5) is 4.63. The van der Waals surface area contributed by atoms with E-state index in [4.69, 9.17) is 22.8 Å². The lowest BCUT2D eigenvalue weighted by molar-refractivity contribution is 0.370. The number of aliphatic imine (C=N–C) groups is 1. The first-order valence-corrected chi connectivity index (χ1v) is 11.1. The van der Waals surface area contributed by atoms with Crippen LogP contribution in [0.1, 0.15) is 35.1 Å². The summed E-state index contributed by atoms with van der Waals surface area (Å²) >= 11 is 6.15. The van der Waals surface area contributed by atoms with Crippen LogP contribution in [-0.4, -0.2) is 12.8 Å². The van der Waals surface area contributed by atoms with Crippen molar-refractivity contribution in [3.8, 4) is 18.1 Å². The van der Waals surface area contributed by atoms with Crippen molar-refractivity contribution in [3.63, 3.8) is 0 Å². The summed E-state index contributed by atoms with van der Waals surface area (Å²) in [5, 5.41) is 4.39. The van der Waals surface area contributed by atoms with E-state index in [1.165, 1.54) is 16.8 Å². The standard InChI is InChI=1S/C28H23ClN2O/c1-2-16-32-27-15-12-21(29)17-20(27)18-30-22-13-10-19(11-14-22)28-25-8-5-7-23(25)24-6-3-4-9-26(24)31-28/h1,3-7,9-15,17-18,23,25,28,31H,8,16H2/t23-,25-,28+/m1/s1. The van der Waals surface area contributed by atoms with E-state index in [0.29, 0.717) is 22.6 Å². The van der Waals surface area contributed by atoms with E-state index in [9.17, 15) is 0 Å². The van der Waals surface area contributed by atoms with E-state index in [-0.39, 0.29) is 12.6 Å². The lowest BCUT2D eigenvalue weighted by Gasteiger charge is -2.37. The number of benzene rings is 3. The van der Waals surface area contributed by atoms with Gasteiger partial charge in [0, 0.05) is 28.4 Å². The van der Waals surface area contributed by atoms with Gasteiger partial charge in [0.2, 0.25) is 0 Å². The summed E-state index contributed by atoms with van der Waals surface area (Å²) in [6, 6.07) is 22.8. The van der Waals surface area contributed by atoms with Crippen molar-refractivity contribution in [1.82, 2.24) is 0 Å². The topological polar surface area (TPSA) is 33.6 Å². The molecule has 5 rings (SSSR count). The second kappa shape index (κ2) is 8.94. The molecule has 0 radical (unpaired) electrons. The van der Waals surface area contributed by atoms with Crippen LogP contribution in [-0.2, 0) is 0 Å². The SMILES string of the molecule is C#CCOc1ccc(Cl)cc1C=Nc1ccc([C@@H]2Nc3ccccc3[C@H]3C=CC[C@H]32)cc1. The molecular formula is C28H23ClN2O. The molecule has 1 N–H and O–H groups in total. The maximum atomic E-state index is 6.15. The second-order valence-electron chi connectivity index (χ2n) is 8.09. The average Bonchev–Trinajstić information content (AvgIpc) is 3.32. The Bertz CT molecular complexity index is 1220. The molecule has 0 bridgehead atoms. The number of nitrogens with zero attached hydrogens (tertiary/aromatic N) is 1. The van der Waals surface area contributed by atoms with E-state index >= 15 is 0 Å². The summed E-state index contributed by atoms with van der Waals surface area (Å²) in [5.41, 5.74) is 5.56. The van der Waals surface area contributed by atoms with Gasteiger partial charge in [-0.25, -0.2) is 0 Å². The van der Waals surface area contributed by atoms with Crippen molar-refractivity contribution in [2.24, 2.45) is 10.9 Å². The number of fused-ring (bicyclic) bond motifs is 3. The molecule has 3 aromatic rings. The number of hydrogen-bond acceptors (Lipinski definition) is 3. The van der Waals surface area contributed by atoms with Gasteiger partial charge in [0.1, 0.15) is 12.4 Å². The van der Waals surface area contributed by atoms with Crippen LogP contribution >= 0.6 is 11.6 Å². The van der Waals surface area contributed by atoms with Crippen molar-refractivity contribution >= 4 is 29.2 Å². The van der Waals surface area contributed by atoms with Gasteiger partial charge >= 0.3 is 0 Å². The van der Waals surface area contributed by atoms with E-state index in [1.807, 2.05) is 12.1 Å². The molecule has 0 unspecified atom stereocenters. The number of para-hydroxylation sites is 1. The zero-order chi connectivity index (χ0) is 21.9. The Morgan fingerprint density at radius 2 is 1.97 bits per heavy atom. The van der Waals surface area contributed by atoms with Gasteiger partial charge in [0.15, 0.2) is 0 Å². The summed E-state index contributed by atoms with van der Waals surface area (Å²) in [6.07, 6.45) is 12.8. The van der Waals surface area contributed by atoms with Crippen LogP contribution in [0.4, 0.5) is 11.4 Å². The molecule has 2 aliphatic rings. The summed E-state index contributed by atoms with van der Waals surface area (Å²) in [7, 11) is 0. The fraction of sp³-hybridized carbons (Fsp3) is 0.179. The number of nitrogens with one attached hydrogen (secondary N) is 1. The van der Waals surface area contributed by atoms with E-state index < -0.39 is 0 Å². The molecule has 3 nitrogen and oxygen atoms in total. The fourth-order valence-electron chi connectivity index (χ4n) is 4.66. The van der Waals surface area contributed by atoms with Crippen molar-refractivity contribution in [1.29, 1.82) is 0 Å². The van der Waals surface area contributed by atoms with Gasteiger partial charge in [-0.05, 0) is 59.9 Å². The minimum absolute atomic E-state index is 0.200. The number of rotatable bonds is 5. The summed E-state index contributed by atoms with van der Waals surface area (Å²) in [6.45, 7) is 0.200. The van der Waals surface area contributed by atoms with E-state index in [2.05, 4.69) is 76.9 Å². The number of allylic oxidation sites excluding steroid dienone is 2. The highest BCUT2D eigenvalue weighted by Crippen LogP contribution is 2.49. The molecule has 0 fully saturated rings. The monoisotopic (exact) mass is 438 g/mol. The maximum Gasteiger partial charge on any atom is 0.148 e. The third-order valence-electron chi connectivity index (χ3n) is 6.16. The summed E-state index contributed by atoms with van der Waals surface area (Å²) in [5.74, 6) is 4.15. The largest absolute Gasteiger partial charge is 0.480 e. The molecule has 1 aliphatic carbocycles. The van der Waals surface area contributed by atoms with Crippen LogP contribution in [0.5, 0.6) is 5.75 Å². The zero-order valence-electron chi connectivity index (χ0n) is 17.5. The minimum Gasteiger partial charge on any atom is -0.480 e. The van der Waals surface area contributed by atoms with Crippen LogP contribution in [0.25, 0.3) is 0 Å². The van der Waals surface area contributed by atoms with Crippen molar-refractivity contribution in [3.05, 3.63) is 101 Å². The molecule has 158 valence electrons. The molecule has 3 aromatic carbocycles. The van der Waals surface area contributed by atoms with Crippen LogP contribution in [0.15, 0.2) is 83.9 Å². The Morgan fingerprint density at radius 3 is 2.81 bits per heavy atom. The molecule has 0 spiro atoms. The highest BCUT2D eigenvalue weighted by atomic mass is 35.5. The smallest absolute Gasteiger partial charge is 0.148 e. The molecule has 0 aromatic heterocycles. The van der Waals surface area contributed by atoms with Crippen LogP contribution in [0.3, 0.4) is 0 Å². The lowest BCUT2D eigenvalue weighted by atomic mass is 9.77.